The van der Waals surface area contributed by atoms with Gasteiger partial charge in [-0.3, -0.25) is 4.79 Å². The third-order valence-electron chi connectivity index (χ3n) is 5.05. The minimum Gasteiger partial charge on any atom is -0.342 e. The van der Waals surface area contributed by atoms with Crippen LogP contribution in [-0.4, -0.2) is 56.3 Å². The summed E-state index contributed by atoms with van der Waals surface area (Å²) in [7, 11) is -2.21. The minimum atomic E-state index is -3.68. The maximum atomic E-state index is 13.0. The highest BCUT2D eigenvalue weighted by Gasteiger charge is 2.35. The predicted molar refractivity (Wildman–Crippen MR) is 98.4 cm³/mol. The number of piperidine rings is 1. The molecule has 0 aliphatic carbocycles. The molecule has 26 heavy (non-hydrogen) atoms. The first-order valence-corrected chi connectivity index (χ1v) is 10.2. The fourth-order valence-electron chi connectivity index (χ4n) is 3.10. The van der Waals surface area contributed by atoms with Crippen molar-refractivity contribution < 1.29 is 17.6 Å². The summed E-state index contributed by atoms with van der Waals surface area (Å²) >= 11 is 0. The van der Waals surface area contributed by atoms with Crippen LogP contribution < -0.4 is 5.73 Å². The van der Waals surface area contributed by atoms with E-state index in [2.05, 4.69) is 13.8 Å². The van der Waals surface area contributed by atoms with E-state index in [1.54, 1.807) is 0 Å². The largest absolute Gasteiger partial charge is 0.342 e. The highest BCUT2D eigenvalue weighted by Crippen LogP contribution is 2.28. The molecule has 1 fully saturated rings. The molecule has 1 unspecified atom stereocenters. The van der Waals surface area contributed by atoms with Gasteiger partial charge in [-0.1, -0.05) is 13.8 Å². The van der Waals surface area contributed by atoms with E-state index in [0.717, 1.165) is 18.6 Å². The smallest absolute Gasteiger partial charge is 0.242 e. The lowest BCUT2D eigenvalue weighted by Gasteiger charge is -2.42. The second-order valence-corrected chi connectivity index (χ2v) is 9.63. The van der Waals surface area contributed by atoms with Crippen molar-refractivity contribution in [1.29, 1.82) is 0 Å². The van der Waals surface area contributed by atoms with Crippen molar-refractivity contribution in [2.75, 3.05) is 26.7 Å². The van der Waals surface area contributed by atoms with Crippen LogP contribution in [0.15, 0.2) is 29.2 Å². The molecule has 1 aliphatic heterocycles. The van der Waals surface area contributed by atoms with Gasteiger partial charge in [-0.05, 0) is 42.5 Å². The number of nitrogens with zero attached hydrogens (tertiary/aromatic N) is 2. The number of carbonyl (C=O) groups excluding carboxylic acids is 1. The number of benzene rings is 1. The van der Waals surface area contributed by atoms with Crippen molar-refractivity contribution in [3.8, 4) is 0 Å². The molecule has 1 aromatic carbocycles. The highest BCUT2D eigenvalue weighted by molar-refractivity contribution is 7.89. The van der Waals surface area contributed by atoms with Crippen molar-refractivity contribution in [2.24, 2.45) is 11.1 Å². The number of carbonyl (C=O) groups is 1. The Hall–Kier alpha value is -1.51. The maximum absolute atomic E-state index is 13.0. The van der Waals surface area contributed by atoms with Crippen molar-refractivity contribution >= 4 is 15.9 Å². The first kappa shape index (κ1) is 20.8. The standard InChI is InChI=1S/C18H28FN3O3S/c1-18(2)13-22(12-10-16(18)20)17(23)5-4-11-21(3)26(24,25)15-8-6-14(19)7-9-15/h6-9,16H,4-5,10-13,20H2,1-3H3. The number of nitrogens with two attached hydrogens (primary N) is 1. The Kier molecular flexibility index (Phi) is 6.42. The van der Waals surface area contributed by atoms with Gasteiger partial charge in [0, 0.05) is 39.1 Å². The first-order chi connectivity index (χ1) is 12.0. The van der Waals surface area contributed by atoms with Gasteiger partial charge in [-0.15, -0.1) is 0 Å². The van der Waals surface area contributed by atoms with Gasteiger partial charge in [0.15, 0.2) is 0 Å². The van der Waals surface area contributed by atoms with Crippen molar-refractivity contribution in [3.05, 3.63) is 30.1 Å². The molecule has 0 spiro atoms. The van der Waals surface area contributed by atoms with Crippen LogP contribution in [0.3, 0.4) is 0 Å². The van der Waals surface area contributed by atoms with E-state index in [0.29, 0.717) is 19.5 Å². The number of sulfonamides is 1. The van der Waals surface area contributed by atoms with Crippen molar-refractivity contribution in [3.63, 3.8) is 0 Å². The molecule has 2 N–H and O–H groups in total. The second kappa shape index (κ2) is 8.02. The lowest BCUT2D eigenvalue weighted by atomic mass is 9.79. The molecular weight excluding hydrogens is 357 g/mol. The average Bonchev–Trinajstić information content (AvgIpc) is 2.57. The van der Waals surface area contributed by atoms with E-state index in [1.165, 1.54) is 23.5 Å². The molecule has 0 saturated carbocycles. The third-order valence-corrected chi connectivity index (χ3v) is 6.92. The Morgan fingerprint density at radius 3 is 2.54 bits per heavy atom. The molecule has 1 aliphatic rings. The average molecular weight is 386 g/mol. The van der Waals surface area contributed by atoms with E-state index in [1.807, 2.05) is 4.90 Å². The fraction of sp³-hybridized carbons (Fsp3) is 0.611. The zero-order chi connectivity index (χ0) is 19.5. The number of amides is 1. The Morgan fingerprint density at radius 1 is 1.35 bits per heavy atom. The number of halogens is 1. The number of hydrogen-bond donors (Lipinski definition) is 1. The Morgan fingerprint density at radius 2 is 1.96 bits per heavy atom. The SMILES string of the molecule is CN(CCCC(=O)N1CCC(N)C(C)(C)C1)S(=O)(=O)c1ccc(F)cc1. The van der Waals surface area contributed by atoms with Crippen LogP contribution in [0.5, 0.6) is 0 Å². The second-order valence-electron chi connectivity index (χ2n) is 7.58. The molecule has 1 saturated heterocycles. The van der Waals surface area contributed by atoms with Crippen LogP contribution in [0.2, 0.25) is 0 Å². The summed E-state index contributed by atoms with van der Waals surface area (Å²) in [4.78, 5) is 14.3. The number of rotatable bonds is 6. The summed E-state index contributed by atoms with van der Waals surface area (Å²) in [6, 6.07) is 4.80. The minimum absolute atomic E-state index is 0.0255. The lowest BCUT2D eigenvalue weighted by molar-refractivity contribution is -0.134. The van der Waals surface area contributed by atoms with Gasteiger partial charge in [0.25, 0.3) is 0 Å². The summed E-state index contributed by atoms with van der Waals surface area (Å²) in [5, 5.41) is 0. The fourth-order valence-corrected chi connectivity index (χ4v) is 4.31. The summed E-state index contributed by atoms with van der Waals surface area (Å²) in [6.07, 6.45) is 1.49. The lowest BCUT2D eigenvalue weighted by Crippen LogP contribution is -2.54. The highest BCUT2D eigenvalue weighted by atomic mass is 32.2. The van der Waals surface area contributed by atoms with Crippen LogP contribution in [0, 0.1) is 11.2 Å². The zero-order valence-corrected chi connectivity index (χ0v) is 16.4. The maximum Gasteiger partial charge on any atom is 0.242 e. The van der Waals surface area contributed by atoms with E-state index in [4.69, 9.17) is 5.73 Å². The van der Waals surface area contributed by atoms with Crippen LogP contribution in [0.25, 0.3) is 0 Å². The van der Waals surface area contributed by atoms with Crippen molar-refractivity contribution in [1.82, 2.24) is 9.21 Å². The molecule has 6 nitrogen and oxygen atoms in total. The Bertz CT molecular complexity index is 735. The van der Waals surface area contributed by atoms with Gasteiger partial charge in [-0.2, -0.15) is 0 Å². The topological polar surface area (TPSA) is 83.7 Å². The van der Waals surface area contributed by atoms with Gasteiger partial charge in [0.05, 0.1) is 4.90 Å². The molecule has 8 heteroatoms. The Balaban J connectivity index is 1.87. The van der Waals surface area contributed by atoms with Gasteiger partial charge >= 0.3 is 0 Å². The molecule has 0 radical (unpaired) electrons. The molecule has 146 valence electrons. The Labute approximate surface area is 155 Å². The molecule has 1 heterocycles. The molecule has 0 aromatic heterocycles. The van der Waals surface area contributed by atoms with Crippen molar-refractivity contribution in [2.45, 2.75) is 44.0 Å². The zero-order valence-electron chi connectivity index (χ0n) is 15.6. The van der Waals surface area contributed by atoms with Gasteiger partial charge in [-0.25, -0.2) is 17.1 Å². The summed E-state index contributed by atoms with van der Waals surface area (Å²) < 4.78 is 39.0. The third kappa shape index (κ3) is 4.81. The molecule has 1 aromatic rings. The van der Waals surface area contributed by atoms with Gasteiger partial charge in [0.2, 0.25) is 15.9 Å². The van der Waals surface area contributed by atoms with Crippen LogP contribution in [0.1, 0.15) is 33.1 Å². The van der Waals surface area contributed by atoms with Gasteiger partial charge < -0.3 is 10.6 Å². The van der Waals surface area contributed by atoms with E-state index in [9.17, 15) is 17.6 Å². The quantitative estimate of drug-likeness (QED) is 0.809. The monoisotopic (exact) mass is 385 g/mol. The summed E-state index contributed by atoms with van der Waals surface area (Å²) in [5.74, 6) is -0.459. The van der Waals surface area contributed by atoms with Gasteiger partial charge in [0.1, 0.15) is 5.82 Å². The predicted octanol–water partition coefficient (Wildman–Crippen LogP) is 1.81. The molecule has 2 rings (SSSR count). The summed E-state index contributed by atoms with van der Waals surface area (Å²) in [5.41, 5.74) is 5.98. The molecule has 1 atom stereocenters. The van der Waals surface area contributed by atoms with Crippen LogP contribution in [0.4, 0.5) is 4.39 Å². The molecule has 0 bridgehead atoms. The van der Waals surface area contributed by atoms with Crippen LogP contribution in [-0.2, 0) is 14.8 Å². The van der Waals surface area contributed by atoms with E-state index in [-0.39, 0.29) is 35.2 Å². The number of likely N-dealkylation sites (tertiary alicyclic amines) is 1. The first-order valence-electron chi connectivity index (χ1n) is 8.79. The van der Waals surface area contributed by atoms with E-state index < -0.39 is 15.8 Å². The van der Waals surface area contributed by atoms with Crippen LogP contribution >= 0.6 is 0 Å². The molecule has 1 amide bonds. The normalized spacial score (nSPS) is 20.4. The number of hydrogen-bond acceptors (Lipinski definition) is 4. The summed E-state index contributed by atoms with van der Waals surface area (Å²) in [6.45, 7) is 5.60. The molecular formula is C18H28FN3O3S. The van der Waals surface area contributed by atoms with E-state index >= 15 is 0 Å².